The van der Waals surface area contributed by atoms with Crippen molar-refractivity contribution >= 4 is 35.2 Å². The van der Waals surface area contributed by atoms with E-state index in [9.17, 15) is 14.7 Å². The van der Waals surface area contributed by atoms with Crippen molar-refractivity contribution in [2.45, 2.75) is 32.6 Å². The molecule has 0 aliphatic carbocycles. The van der Waals surface area contributed by atoms with E-state index in [4.69, 9.17) is 16.3 Å². The third kappa shape index (κ3) is 7.10. The summed E-state index contributed by atoms with van der Waals surface area (Å²) in [7, 11) is 0. The molecule has 0 radical (unpaired) electrons. The van der Waals surface area contributed by atoms with Crippen LogP contribution in [0.2, 0.25) is 5.02 Å². The summed E-state index contributed by atoms with van der Waals surface area (Å²) in [6, 6.07) is 19.9. The summed E-state index contributed by atoms with van der Waals surface area (Å²) in [5, 5.41) is 12.9. The molecule has 3 rings (SSSR count). The Bertz CT molecular complexity index is 1150. The van der Waals surface area contributed by atoms with Gasteiger partial charge in [0.2, 0.25) is 0 Å². The van der Waals surface area contributed by atoms with Gasteiger partial charge >= 0.3 is 5.97 Å². The lowest BCUT2D eigenvalue weighted by Gasteiger charge is -2.18. The predicted octanol–water partition coefficient (Wildman–Crippen LogP) is 5.97. The van der Waals surface area contributed by atoms with Crippen LogP contribution in [0.15, 0.2) is 66.7 Å². The normalized spacial score (nSPS) is 11.7. The number of hydrogen-bond acceptors (Lipinski definition) is 4. The zero-order valence-corrected chi connectivity index (χ0v) is 20.8. The molecule has 178 valence electrons. The minimum atomic E-state index is -1.04. The van der Waals surface area contributed by atoms with Crippen molar-refractivity contribution in [2.24, 2.45) is 0 Å². The van der Waals surface area contributed by atoms with Gasteiger partial charge in [-0.15, -0.1) is 0 Å². The van der Waals surface area contributed by atoms with Crippen LogP contribution in [0.25, 0.3) is 11.1 Å². The predicted molar refractivity (Wildman–Crippen MR) is 138 cm³/mol. The fraction of sp³-hybridized carbons (Fsp3) is 0.259. The summed E-state index contributed by atoms with van der Waals surface area (Å²) >= 11 is 7.59. The Hall–Kier alpha value is -2.80. The molecular formula is C27H28ClNO4S. The molecule has 0 saturated carbocycles. The van der Waals surface area contributed by atoms with Crippen LogP contribution < -0.4 is 5.32 Å². The average molecular weight is 498 g/mol. The second-order valence-corrected chi connectivity index (χ2v) is 9.39. The van der Waals surface area contributed by atoms with Gasteiger partial charge in [-0.05, 0) is 77.4 Å². The number of carboxylic acids is 1. The highest BCUT2D eigenvalue weighted by atomic mass is 35.5. The van der Waals surface area contributed by atoms with Crippen molar-refractivity contribution in [3.63, 3.8) is 0 Å². The second kappa shape index (κ2) is 12.6. The Labute approximate surface area is 209 Å². The highest BCUT2D eigenvalue weighted by Gasteiger charge is 2.22. The van der Waals surface area contributed by atoms with Crippen LogP contribution in [-0.4, -0.2) is 35.0 Å². The molecule has 1 atom stereocenters. The van der Waals surface area contributed by atoms with E-state index in [1.165, 1.54) is 0 Å². The van der Waals surface area contributed by atoms with Crippen LogP contribution in [0.4, 0.5) is 0 Å². The topological polar surface area (TPSA) is 75.6 Å². The van der Waals surface area contributed by atoms with Crippen molar-refractivity contribution in [1.29, 1.82) is 0 Å². The number of hydrogen-bond donors (Lipinski definition) is 2. The molecule has 0 aromatic heterocycles. The molecule has 0 heterocycles. The number of aliphatic carboxylic acids is 1. The number of carbonyl (C=O) groups excluding carboxylic acids is 1. The van der Waals surface area contributed by atoms with E-state index in [2.05, 4.69) is 5.32 Å². The highest BCUT2D eigenvalue weighted by molar-refractivity contribution is 7.98. The molecule has 0 saturated heterocycles. The van der Waals surface area contributed by atoms with Crippen molar-refractivity contribution in [1.82, 2.24) is 5.32 Å². The summed E-state index contributed by atoms with van der Waals surface area (Å²) in [5.74, 6) is -0.797. The van der Waals surface area contributed by atoms with Crippen molar-refractivity contribution in [3.8, 4) is 11.1 Å². The number of thioether (sulfide) groups is 1. The molecule has 1 amide bonds. The van der Waals surface area contributed by atoms with Gasteiger partial charge in [0.1, 0.15) is 6.04 Å². The third-order valence-corrected chi connectivity index (χ3v) is 6.28. The number of nitrogens with one attached hydrogen (secondary N) is 1. The Balaban J connectivity index is 1.85. The molecule has 3 aromatic carbocycles. The fourth-order valence-corrected chi connectivity index (χ4v) is 4.30. The lowest BCUT2D eigenvalue weighted by molar-refractivity contribution is -0.139. The first-order chi connectivity index (χ1) is 16.4. The SMILES string of the molecule is CSCCC(NC(=O)c1ccc(COCc2cccc(Cl)c2)cc1-c1ccccc1C)C(=O)O. The number of benzene rings is 3. The van der Waals surface area contributed by atoms with Crippen molar-refractivity contribution in [2.75, 3.05) is 12.0 Å². The van der Waals surface area contributed by atoms with E-state index in [0.29, 0.717) is 36.0 Å². The first-order valence-electron chi connectivity index (χ1n) is 10.9. The zero-order chi connectivity index (χ0) is 24.5. The van der Waals surface area contributed by atoms with Gasteiger partial charge in [0, 0.05) is 10.6 Å². The van der Waals surface area contributed by atoms with Gasteiger partial charge in [-0.3, -0.25) is 4.79 Å². The molecule has 0 bridgehead atoms. The molecule has 0 spiro atoms. The van der Waals surface area contributed by atoms with Crippen LogP contribution >= 0.6 is 23.4 Å². The van der Waals surface area contributed by atoms with Gasteiger partial charge < -0.3 is 15.2 Å². The Morgan fingerprint density at radius 3 is 2.41 bits per heavy atom. The molecule has 0 aliphatic heterocycles. The number of carboxylic acid groups (broad SMARTS) is 1. The van der Waals surface area contributed by atoms with Crippen LogP contribution in [0.5, 0.6) is 0 Å². The Morgan fingerprint density at radius 1 is 1.00 bits per heavy atom. The average Bonchev–Trinajstić information content (AvgIpc) is 2.82. The first-order valence-corrected chi connectivity index (χ1v) is 12.7. The van der Waals surface area contributed by atoms with E-state index in [1.54, 1.807) is 17.8 Å². The smallest absolute Gasteiger partial charge is 0.326 e. The summed E-state index contributed by atoms with van der Waals surface area (Å²) in [5.41, 5.74) is 5.00. The molecular weight excluding hydrogens is 470 g/mol. The summed E-state index contributed by atoms with van der Waals surface area (Å²) < 4.78 is 5.88. The monoisotopic (exact) mass is 497 g/mol. The maximum absolute atomic E-state index is 13.1. The van der Waals surface area contributed by atoms with Gasteiger partial charge in [-0.25, -0.2) is 4.79 Å². The van der Waals surface area contributed by atoms with Crippen LogP contribution in [0.1, 0.15) is 33.5 Å². The van der Waals surface area contributed by atoms with Crippen LogP contribution in [0, 0.1) is 6.92 Å². The van der Waals surface area contributed by atoms with E-state index in [0.717, 1.165) is 27.8 Å². The fourth-order valence-electron chi connectivity index (χ4n) is 3.62. The molecule has 0 fully saturated rings. The quantitative estimate of drug-likeness (QED) is 0.341. The second-order valence-electron chi connectivity index (χ2n) is 7.96. The van der Waals surface area contributed by atoms with E-state index in [1.807, 2.05) is 73.8 Å². The number of halogens is 1. The summed E-state index contributed by atoms with van der Waals surface area (Å²) in [6.07, 6.45) is 2.27. The van der Waals surface area contributed by atoms with Gasteiger partial charge in [-0.2, -0.15) is 11.8 Å². The van der Waals surface area contributed by atoms with E-state index in [-0.39, 0.29) is 0 Å². The number of ether oxygens (including phenoxy) is 1. The lowest BCUT2D eigenvalue weighted by atomic mass is 9.93. The standard InChI is InChI=1S/C27H28ClNO4S/c1-18-6-3-4-9-22(18)24-15-20(17-33-16-19-7-5-8-21(28)14-19)10-11-23(24)26(30)29-25(27(31)32)12-13-34-2/h3-11,14-15,25H,12-13,16-17H2,1-2H3,(H,29,30)(H,31,32). The van der Waals surface area contributed by atoms with Crippen molar-refractivity contribution < 1.29 is 19.4 Å². The largest absolute Gasteiger partial charge is 0.480 e. The molecule has 3 aromatic rings. The summed E-state index contributed by atoms with van der Waals surface area (Å²) in [6.45, 7) is 2.76. The molecule has 2 N–H and O–H groups in total. The van der Waals surface area contributed by atoms with Crippen LogP contribution in [-0.2, 0) is 22.7 Å². The molecule has 7 heteroatoms. The third-order valence-electron chi connectivity index (χ3n) is 5.40. The lowest BCUT2D eigenvalue weighted by Crippen LogP contribution is -2.41. The number of amides is 1. The summed E-state index contributed by atoms with van der Waals surface area (Å²) in [4.78, 5) is 24.8. The van der Waals surface area contributed by atoms with Gasteiger partial charge in [0.15, 0.2) is 0 Å². The zero-order valence-electron chi connectivity index (χ0n) is 19.2. The molecule has 5 nitrogen and oxygen atoms in total. The van der Waals surface area contributed by atoms with E-state index < -0.39 is 17.9 Å². The minimum absolute atomic E-state index is 0.358. The molecule has 34 heavy (non-hydrogen) atoms. The minimum Gasteiger partial charge on any atom is -0.480 e. The Morgan fingerprint density at radius 2 is 1.74 bits per heavy atom. The number of aryl methyl sites for hydroxylation is 1. The highest BCUT2D eigenvalue weighted by Crippen LogP contribution is 2.29. The van der Waals surface area contributed by atoms with Gasteiger partial charge in [0.25, 0.3) is 5.91 Å². The molecule has 0 aliphatic rings. The first kappa shape index (κ1) is 25.8. The van der Waals surface area contributed by atoms with Crippen molar-refractivity contribution in [3.05, 3.63) is 94.0 Å². The van der Waals surface area contributed by atoms with Gasteiger partial charge in [-0.1, -0.05) is 54.1 Å². The maximum Gasteiger partial charge on any atom is 0.326 e. The van der Waals surface area contributed by atoms with E-state index >= 15 is 0 Å². The maximum atomic E-state index is 13.1. The Kier molecular flexibility index (Phi) is 9.57. The number of carbonyl (C=O) groups is 2. The van der Waals surface area contributed by atoms with Crippen LogP contribution in [0.3, 0.4) is 0 Å². The van der Waals surface area contributed by atoms with Gasteiger partial charge in [0.05, 0.1) is 13.2 Å². The number of rotatable bonds is 11. The molecule has 1 unspecified atom stereocenters.